The molecule has 1 atom stereocenters. The highest BCUT2D eigenvalue weighted by Gasteiger charge is 2.36. The molecule has 0 aliphatic carbocycles. The first kappa shape index (κ1) is 15.4. The van der Waals surface area contributed by atoms with Gasteiger partial charge in [-0.15, -0.1) is 0 Å². The van der Waals surface area contributed by atoms with Crippen LogP contribution in [0.3, 0.4) is 0 Å². The molecule has 112 valence electrons. The van der Waals surface area contributed by atoms with E-state index in [-0.39, 0.29) is 17.4 Å². The Morgan fingerprint density at radius 1 is 1.30 bits per heavy atom. The molecular formula is C16H25FN2O. The highest BCUT2D eigenvalue weighted by atomic mass is 19.1. The van der Waals surface area contributed by atoms with Crippen LogP contribution in [0, 0.1) is 12.7 Å². The molecule has 1 aliphatic rings. The number of nitrogens with zero attached hydrogens (tertiary/aromatic N) is 1. The summed E-state index contributed by atoms with van der Waals surface area (Å²) in [6.07, 6.45) is 0. The Morgan fingerprint density at radius 3 is 2.50 bits per heavy atom. The van der Waals surface area contributed by atoms with E-state index in [0.29, 0.717) is 5.56 Å². The zero-order chi connectivity index (χ0) is 14.8. The Balaban J connectivity index is 2.27. The van der Waals surface area contributed by atoms with Crippen LogP contribution in [0.5, 0.6) is 0 Å². The highest BCUT2D eigenvalue weighted by Crippen LogP contribution is 2.32. The summed E-state index contributed by atoms with van der Waals surface area (Å²) >= 11 is 0. The van der Waals surface area contributed by atoms with Crippen molar-refractivity contribution in [1.82, 2.24) is 10.2 Å². The lowest BCUT2D eigenvalue weighted by atomic mass is 9.86. The molecule has 1 aromatic rings. The predicted molar refractivity (Wildman–Crippen MR) is 79.4 cm³/mol. The molecule has 0 spiro atoms. The van der Waals surface area contributed by atoms with Crippen molar-refractivity contribution in [3.8, 4) is 0 Å². The maximum absolute atomic E-state index is 13.8. The van der Waals surface area contributed by atoms with E-state index in [1.807, 2.05) is 19.2 Å². The minimum absolute atomic E-state index is 0.0794. The lowest BCUT2D eigenvalue weighted by Crippen LogP contribution is -2.55. The summed E-state index contributed by atoms with van der Waals surface area (Å²) in [5.74, 6) is -0.138. The molecule has 2 rings (SSSR count). The fourth-order valence-electron chi connectivity index (χ4n) is 3.04. The number of ether oxygens (including phenoxy) is 1. The van der Waals surface area contributed by atoms with Gasteiger partial charge < -0.3 is 10.1 Å². The molecule has 1 heterocycles. The van der Waals surface area contributed by atoms with Gasteiger partial charge in [-0.05, 0) is 45.0 Å². The van der Waals surface area contributed by atoms with E-state index in [4.69, 9.17) is 4.74 Å². The van der Waals surface area contributed by atoms with E-state index >= 15 is 0 Å². The van der Waals surface area contributed by atoms with Gasteiger partial charge in [0.1, 0.15) is 5.82 Å². The summed E-state index contributed by atoms with van der Waals surface area (Å²) in [6.45, 7) is 9.57. The van der Waals surface area contributed by atoms with Crippen molar-refractivity contribution >= 4 is 0 Å². The molecule has 1 aliphatic heterocycles. The normalized spacial score (nSPS) is 19.1. The van der Waals surface area contributed by atoms with E-state index in [9.17, 15) is 4.39 Å². The van der Waals surface area contributed by atoms with Crippen molar-refractivity contribution in [3.63, 3.8) is 0 Å². The summed E-state index contributed by atoms with van der Waals surface area (Å²) in [6, 6.07) is 5.60. The van der Waals surface area contributed by atoms with Crippen LogP contribution in [0.4, 0.5) is 4.39 Å². The molecule has 0 bridgehead atoms. The Morgan fingerprint density at radius 2 is 1.95 bits per heavy atom. The van der Waals surface area contributed by atoms with Crippen LogP contribution in [0.1, 0.15) is 31.0 Å². The lowest BCUT2D eigenvalue weighted by Gasteiger charge is -2.46. The predicted octanol–water partition coefficient (Wildman–Crippen LogP) is 2.51. The second-order valence-corrected chi connectivity index (χ2v) is 5.98. The fourth-order valence-corrected chi connectivity index (χ4v) is 3.04. The van der Waals surface area contributed by atoms with Gasteiger partial charge in [0.25, 0.3) is 0 Å². The molecular weight excluding hydrogens is 255 g/mol. The molecule has 20 heavy (non-hydrogen) atoms. The van der Waals surface area contributed by atoms with Crippen LogP contribution >= 0.6 is 0 Å². The number of nitrogens with one attached hydrogen (secondary N) is 1. The molecule has 0 saturated carbocycles. The van der Waals surface area contributed by atoms with Crippen molar-refractivity contribution < 1.29 is 9.13 Å². The molecule has 1 unspecified atom stereocenters. The minimum atomic E-state index is -0.138. The second-order valence-electron chi connectivity index (χ2n) is 5.98. The van der Waals surface area contributed by atoms with E-state index in [2.05, 4.69) is 24.1 Å². The monoisotopic (exact) mass is 280 g/mol. The quantitative estimate of drug-likeness (QED) is 0.917. The Hall–Kier alpha value is -0.970. The maximum atomic E-state index is 13.8. The van der Waals surface area contributed by atoms with Gasteiger partial charge in [0.2, 0.25) is 0 Å². The van der Waals surface area contributed by atoms with Crippen LogP contribution in [-0.2, 0) is 4.74 Å². The number of morpholine rings is 1. The van der Waals surface area contributed by atoms with Gasteiger partial charge in [-0.25, -0.2) is 4.39 Å². The molecule has 1 saturated heterocycles. The zero-order valence-electron chi connectivity index (χ0n) is 12.9. The van der Waals surface area contributed by atoms with Crippen LogP contribution in [0.25, 0.3) is 0 Å². The summed E-state index contributed by atoms with van der Waals surface area (Å²) in [5.41, 5.74) is 1.58. The standard InChI is InChI=1S/C16H25FN2O/c1-12-5-6-13(11-14(12)17)15(18-4)16(2,3)19-7-9-20-10-8-19/h5-6,11,15,18H,7-10H2,1-4H3. The summed E-state index contributed by atoms with van der Waals surface area (Å²) in [4.78, 5) is 2.41. The van der Waals surface area contributed by atoms with Gasteiger partial charge in [-0.3, -0.25) is 4.90 Å². The maximum Gasteiger partial charge on any atom is 0.126 e. The number of rotatable bonds is 4. The van der Waals surface area contributed by atoms with Gasteiger partial charge in [-0.2, -0.15) is 0 Å². The van der Waals surface area contributed by atoms with Crippen LogP contribution < -0.4 is 5.32 Å². The van der Waals surface area contributed by atoms with Gasteiger partial charge in [0.05, 0.1) is 13.2 Å². The Bertz CT molecular complexity index is 456. The lowest BCUT2D eigenvalue weighted by molar-refractivity contribution is -0.0229. The van der Waals surface area contributed by atoms with Gasteiger partial charge in [0, 0.05) is 24.7 Å². The molecule has 1 N–H and O–H groups in total. The molecule has 1 fully saturated rings. The van der Waals surface area contributed by atoms with E-state index in [0.717, 1.165) is 31.9 Å². The van der Waals surface area contributed by atoms with Crippen LogP contribution in [0.2, 0.25) is 0 Å². The molecule has 0 amide bonds. The summed E-state index contributed by atoms with van der Waals surface area (Å²) < 4.78 is 19.3. The fraction of sp³-hybridized carbons (Fsp3) is 0.625. The highest BCUT2D eigenvalue weighted by molar-refractivity contribution is 5.28. The molecule has 1 aromatic carbocycles. The first-order valence-electron chi connectivity index (χ1n) is 7.23. The van der Waals surface area contributed by atoms with E-state index in [1.165, 1.54) is 0 Å². The van der Waals surface area contributed by atoms with Crippen LogP contribution in [0.15, 0.2) is 18.2 Å². The Labute approximate surface area is 121 Å². The SMILES string of the molecule is CNC(c1ccc(C)c(F)c1)C(C)(C)N1CCOCC1. The number of halogens is 1. The first-order chi connectivity index (χ1) is 9.46. The average Bonchev–Trinajstić information content (AvgIpc) is 2.44. The van der Waals surface area contributed by atoms with Gasteiger partial charge >= 0.3 is 0 Å². The molecule has 0 radical (unpaired) electrons. The van der Waals surface area contributed by atoms with Crippen molar-refractivity contribution in [1.29, 1.82) is 0 Å². The van der Waals surface area contributed by atoms with Crippen molar-refractivity contribution in [2.75, 3.05) is 33.4 Å². The number of hydrogen-bond acceptors (Lipinski definition) is 3. The zero-order valence-corrected chi connectivity index (χ0v) is 12.9. The third-order valence-electron chi connectivity index (χ3n) is 4.35. The number of benzene rings is 1. The third kappa shape index (κ3) is 3.03. The van der Waals surface area contributed by atoms with Crippen molar-refractivity contribution in [3.05, 3.63) is 35.1 Å². The molecule has 3 nitrogen and oxygen atoms in total. The smallest absolute Gasteiger partial charge is 0.126 e. The number of aryl methyl sites for hydroxylation is 1. The summed E-state index contributed by atoms with van der Waals surface area (Å²) in [5, 5.41) is 3.35. The van der Waals surface area contributed by atoms with Crippen molar-refractivity contribution in [2.24, 2.45) is 0 Å². The van der Waals surface area contributed by atoms with Crippen molar-refractivity contribution in [2.45, 2.75) is 32.4 Å². The van der Waals surface area contributed by atoms with Gasteiger partial charge in [0.15, 0.2) is 0 Å². The third-order valence-corrected chi connectivity index (χ3v) is 4.35. The van der Waals surface area contributed by atoms with Crippen LogP contribution in [-0.4, -0.2) is 43.8 Å². The van der Waals surface area contributed by atoms with Gasteiger partial charge in [-0.1, -0.05) is 12.1 Å². The number of hydrogen-bond donors (Lipinski definition) is 1. The molecule has 4 heteroatoms. The molecule has 0 aromatic heterocycles. The Kier molecular flexibility index (Phi) is 4.78. The second kappa shape index (κ2) is 6.20. The topological polar surface area (TPSA) is 24.5 Å². The van der Waals surface area contributed by atoms with E-state index in [1.54, 1.807) is 13.0 Å². The average molecular weight is 280 g/mol. The first-order valence-corrected chi connectivity index (χ1v) is 7.23. The summed E-state index contributed by atoms with van der Waals surface area (Å²) in [7, 11) is 1.94. The number of likely N-dealkylation sites (N-methyl/N-ethyl adjacent to an activating group) is 1. The minimum Gasteiger partial charge on any atom is -0.379 e. The largest absolute Gasteiger partial charge is 0.379 e. The van der Waals surface area contributed by atoms with E-state index < -0.39 is 0 Å².